The van der Waals surface area contributed by atoms with Gasteiger partial charge in [0.1, 0.15) is 6.54 Å². The lowest BCUT2D eigenvalue weighted by molar-refractivity contribution is -0.121. The SMILES string of the molecule is CCNC(=O)Cn1nc(-c2ccc(C3CC3)cc2)ccc1=O. The molecule has 1 aliphatic carbocycles. The Morgan fingerprint density at radius 2 is 1.95 bits per heavy atom. The van der Waals surface area contributed by atoms with Crippen molar-refractivity contribution in [2.24, 2.45) is 0 Å². The molecule has 22 heavy (non-hydrogen) atoms. The van der Waals surface area contributed by atoms with Crippen molar-refractivity contribution >= 4 is 5.91 Å². The lowest BCUT2D eigenvalue weighted by Gasteiger charge is -2.08. The molecular weight excluding hydrogens is 278 g/mol. The Balaban J connectivity index is 1.84. The normalized spacial score (nSPS) is 13.9. The van der Waals surface area contributed by atoms with E-state index in [2.05, 4.69) is 22.5 Å². The molecule has 2 aromatic rings. The second-order valence-corrected chi connectivity index (χ2v) is 5.56. The first-order valence-electron chi connectivity index (χ1n) is 7.62. The molecule has 114 valence electrons. The summed E-state index contributed by atoms with van der Waals surface area (Å²) >= 11 is 0. The Bertz CT molecular complexity index is 730. The molecule has 0 unspecified atom stereocenters. The fraction of sp³-hybridized carbons (Fsp3) is 0.353. The van der Waals surface area contributed by atoms with E-state index in [1.807, 2.05) is 19.1 Å². The number of nitrogens with zero attached hydrogens (tertiary/aromatic N) is 2. The third-order valence-corrected chi connectivity index (χ3v) is 3.79. The lowest BCUT2D eigenvalue weighted by Crippen LogP contribution is -2.33. The van der Waals surface area contributed by atoms with Crippen molar-refractivity contribution in [1.82, 2.24) is 15.1 Å². The summed E-state index contributed by atoms with van der Waals surface area (Å²) in [7, 11) is 0. The molecule has 1 aliphatic rings. The van der Waals surface area contributed by atoms with Crippen molar-refractivity contribution in [2.45, 2.75) is 32.2 Å². The second-order valence-electron chi connectivity index (χ2n) is 5.56. The average Bonchev–Trinajstić information content (AvgIpc) is 3.35. The Morgan fingerprint density at radius 1 is 1.23 bits per heavy atom. The molecule has 5 heteroatoms. The number of amides is 1. The van der Waals surface area contributed by atoms with Gasteiger partial charge >= 0.3 is 0 Å². The maximum Gasteiger partial charge on any atom is 0.267 e. The van der Waals surface area contributed by atoms with Crippen LogP contribution in [0, 0.1) is 0 Å². The van der Waals surface area contributed by atoms with Gasteiger partial charge in [-0.05, 0) is 37.3 Å². The van der Waals surface area contributed by atoms with E-state index in [0.29, 0.717) is 18.2 Å². The Kier molecular flexibility index (Phi) is 4.04. The number of hydrogen-bond acceptors (Lipinski definition) is 3. The summed E-state index contributed by atoms with van der Waals surface area (Å²) in [4.78, 5) is 23.4. The minimum absolute atomic E-state index is 0.0549. The van der Waals surface area contributed by atoms with E-state index in [0.717, 1.165) is 5.56 Å². The van der Waals surface area contributed by atoms with Gasteiger partial charge in [0.15, 0.2) is 0 Å². The first-order chi connectivity index (χ1) is 10.7. The number of carbonyl (C=O) groups is 1. The molecule has 1 saturated carbocycles. The van der Waals surface area contributed by atoms with Crippen molar-refractivity contribution in [3.05, 3.63) is 52.3 Å². The third-order valence-electron chi connectivity index (χ3n) is 3.79. The smallest absolute Gasteiger partial charge is 0.267 e. The van der Waals surface area contributed by atoms with E-state index in [-0.39, 0.29) is 18.0 Å². The maximum atomic E-state index is 11.8. The highest BCUT2D eigenvalue weighted by Gasteiger charge is 2.23. The topological polar surface area (TPSA) is 64.0 Å². The van der Waals surface area contributed by atoms with Gasteiger partial charge in [-0.1, -0.05) is 24.3 Å². The molecule has 0 aliphatic heterocycles. The van der Waals surface area contributed by atoms with Crippen molar-refractivity contribution < 1.29 is 4.79 Å². The molecular formula is C17H19N3O2. The zero-order valence-electron chi connectivity index (χ0n) is 12.6. The molecule has 0 bridgehead atoms. The Hall–Kier alpha value is -2.43. The third kappa shape index (κ3) is 3.24. The molecule has 3 rings (SSSR count). The summed E-state index contributed by atoms with van der Waals surface area (Å²) in [6.45, 7) is 2.32. The minimum atomic E-state index is -0.274. The standard InChI is InChI=1S/C17H19N3O2/c1-2-18-16(21)11-20-17(22)10-9-15(19-20)14-7-5-13(6-8-14)12-3-4-12/h5-10,12H,2-4,11H2,1H3,(H,18,21). The number of hydrogen-bond donors (Lipinski definition) is 1. The van der Waals surface area contributed by atoms with Gasteiger partial charge in [0.25, 0.3) is 5.56 Å². The lowest BCUT2D eigenvalue weighted by atomic mass is 10.1. The molecule has 1 N–H and O–H groups in total. The fourth-order valence-corrected chi connectivity index (χ4v) is 2.45. The highest BCUT2D eigenvalue weighted by Crippen LogP contribution is 2.40. The van der Waals surface area contributed by atoms with Gasteiger partial charge in [0.05, 0.1) is 5.69 Å². The van der Waals surface area contributed by atoms with Crippen LogP contribution in [-0.4, -0.2) is 22.2 Å². The second kappa shape index (κ2) is 6.13. The molecule has 0 atom stereocenters. The zero-order valence-corrected chi connectivity index (χ0v) is 12.6. The largest absolute Gasteiger partial charge is 0.355 e. The van der Waals surface area contributed by atoms with Crippen molar-refractivity contribution in [1.29, 1.82) is 0 Å². The highest BCUT2D eigenvalue weighted by molar-refractivity contribution is 5.75. The summed E-state index contributed by atoms with van der Waals surface area (Å²) in [5.41, 5.74) is 2.74. The fourth-order valence-electron chi connectivity index (χ4n) is 2.45. The Morgan fingerprint density at radius 3 is 2.59 bits per heavy atom. The van der Waals surface area contributed by atoms with E-state index < -0.39 is 0 Å². The first kappa shape index (κ1) is 14.5. The van der Waals surface area contributed by atoms with Crippen LogP contribution in [-0.2, 0) is 11.3 Å². The number of benzene rings is 1. The van der Waals surface area contributed by atoms with Gasteiger partial charge in [0.2, 0.25) is 5.91 Å². The van der Waals surface area contributed by atoms with E-state index in [4.69, 9.17) is 0 Å². The van der Waals surface area contributed by atoms with E-state index >= 15 is 0 Å². The van der Waals surface area contributed by atoms with Crippen LogP contribution in [0.15, 0.2) is 41.2 Å². The van der Waals surface area contributed by atoms with Crippen LogP contribution in [0.2, 0.25) is 0 Å². The molecule has 1 aromatic carbocycles. The minimum Gasteiger partial charge on any atom is -0.355 e. The molecule has 0 spiro atoms. The number of nitrogens with one attached hydrogen (secondary N) is 1. The average molecular weight is 297 g/mol. The van der Waals surface area contributed by atoms with E-state index in [9.17, 15) is 9.59 Å². The monoisotopic (exact) mass is 297 g/mol. The highest BCUT2D eigenvalue weighted by atomic mass is 16.2. The van der Waals surface area contributed by atoms with Crippen LogP contribution in [0.3, 0.4) is 0 Å². The maximum absolute atomic E-state index is 11.8. The molecule has 0 radical (unpaired) electrons. The zero-order chi connectivity index (χ0) is 15.5. The summed E-state index contributed by atoms with van der Waals surface area (Å²) in [6.07, 6.45) is 2.55. The van der Waals surface area contributed by atoms with Gasteiger partial charge < -0.3 is 5.32 Å². The van der Waals surface area contributed by atoms with Crippen molar-refractivity contribution in [3.8, 4) is 11.3 Å². The van der Waals surface area contributed by atoms with Gasteiger partial charge in [-0.25, -0.2) is 4.68 Å². The van der Waals surface area contributed by atoms with Crippen LogP contribution in [0.1, 0.15) is 31.2 Å². The van der Waals surface area contributed by atoms with E-state index in [1.54, 1.807) is 6.07 Å². The van der Waals surface area contributed by atoms with Gasteiger partial charge in [-0.2, -0.15) is 5.10 Å². The predicted molar refractivity (Wildman–Crippen MR) is 84.6 cm³/mol. The van der Waals surface area contributed by atoms with Crippen molar-refractivity contribution in [2.75, 3.05) is 6.54 Å². The van der Waals surface area contributed by atoms with Crippen molar-refractivity contribution in [3.63, 3.8) is 0 Å². The van der Waals surface area contributed by atoms with Gasteiger partial charge in [0, 0.05) is 18.2 Å². The molecule has 1 amide bonds. The number of likely N-dealkylation sites (N-methyl/N-ethyl adjacent to an activating group) is 1. The number of rotatable bonds is 5. The number of aromatic nitrogens is 2. The molecule has 1 aromatic heterocycles. The number of carbonyl (C=O) groups excluding carboxylic acids is 1. The summed E-state index contributed by atoms with van der Waals surface area (Å²) in [6, 6.07) is 11.4. The molecule has 1 heterocycles. The summed E-state index contributed by atoms with van der Waals surface area (Å²) < 4.78 is 1.20. The van der Waals surface area contributed by atoms with Crippen LogP contribution in [0.4, 0.5) is 0 Å². The molecule has 5 nitrogen and oxygen atoms in total. The van der Waals surface area contributed by atoms with Crippen LogP contribution < -0.4 is 10.9 Å². The first-order valence-corrected chi connectivity index (χ1v) is 7.62. The summed E-state index contributed by atoms with van der Waals surface area (Å²) in [5.74, 6) is 0.507. The van der Waals surface area contributed by atoms with Gasteiger partial charge in [-0.15, -0.1) is 0 Å². The van der Waals surface area contributed by atoms with Crippen LogP contribution in [0.5, 0.6) is 0 Å². The molecule has 0 saturated heterocycles. The van der Waals surface area contributed by atoms with E-state index in [1.165, 1.54) is 29.2 Å². The predicted octanol–water partition coefficient (Wildman–Crippen LogP) is 1.92. The van der Waals surface area contributed by atoms with Gasteiger partial charge in [-0.3, -0.25) is 9.59 Å². The summed E-state index contributed by atoms with van der Waals surface area (Å²) in [5, 5.41) is 6.97. The molecule has 1 fully saturated rings. The Labute approximate surface area is 129 Å². The quantitative estimate of drug-likeness (QED) is 0.917. The van der Waals surface area contributed by atoms with Crippen LogP contribution in [0.25, 0.3) is 11.3 Å². The van der Waals surface area contributed by atoms with Crippen LogP contribution >= 0.6 is 0 Å².